The van der Waals surface area contributed by atoms with Crippen LogP contribution < -0.4 is 15.1 Å². The number of rotatable bonds is 3. The number of nitrogens with zero attached hydrogens (tertiary/aromatic N) is 1. The molecule has 1 aliphatic rings. The highest BCUT2D eigenvalue weighted by Crippen LogP contribution is 2.21. The quantitative estimate of drug-likeness (QED) is 0.900. The molecule has 0 unspecified atom stereocenters. The van der Waals surface area contributed by atoms with E-state index in [1.807, 2.05) is 36.1 Å². The highest BCUT2D eigenvalue weighted by atomic mass is 19.1. The summed E-state index contributed by atoms with van der Waals surface area (Å²) >= 11 is 0. The van der Waals surface area contributed by atoms with Gasteiger partial charge in [0.15, 0.2) is 0 Å². The van der Waals surface area contributed by atoms with Crippen LogP contribution in [0.2, 0.25) is 0 Å². The average molecular weight is 328 g/mol. The molecule has 126 valence electrons. The zero-order valence-electron chi connectivity index (χ0n) is 14.1. The number of aryl methyl sites for hydroxylation is 1. The highest BCUT2D eigenvalue weighted by molar-refractivity contribution is 6.04. The van der Waals surface area contributed by atoms with Gasteiger partial charge in [-0.2, -0.15) is 0 Å². The van der Waals surface area contributed by atoms with Crippen molar-refractivity contribution in [2.24, 2.45) is 0 Å². The van der Waals surface area contributed by atoms with Crippen molar-refractivity contribution in [2.45, 2.75) is 6.92 Å². The van der Waals surface area contributed by atoms with Crippen LogP contribution in [0.15, 0.2) is 42.5 Å². The second-order valence-electron chi connectivity index (χ2n) is 6.43. The van der Waals surface area contributed by atoms with Gasteiger partial charge in [-0.25, -0.2) is 4.39 Å². The van der Waals surface area contributed by atoms with Gasteiger partial charge in [0, 0.05) is 11.3 Å². The molecule has 0 saturated carbocycles. The molecule has 0 bridgehead atoms. The largest absolute Gasteiger partial charge is 0.358 e. The predicted molar refractivity (Wildman–Crippen MR) is 94.4 cm³/mol. The van der Waals surface area contributed by atoms with Crippen LogP contribution in [0.5, 0.6) is 0 Å². The molecule has 1 fully saturated rings. The summed E-state index contributed by atoms with van der Waals surface area (Å²) in [5, 5.41) is 2.79. The molecule has 1 amide bonds. The molecule has 1 heterocycles. The summed E-state index contributed by atoms with van der Waals surface area (Å²) < 4.78 is 14.5. The molecule has 0 atom stereocenters. The van der Waals surface area contributed by atoms with Gasteiger partial charge in [-0.15, -0.1) is 0 Å². The van der Waals surface area contributed by atoms with Gasteiger partial charge in [-0.1, -0.05) is 17.7 Å². The van der Waals surface area contributed by atoms with Crippen molar-refractivity contribution in [1.82, 2.24) is 0 Å². The van der Waals surface area contributed by atoms with E-state index < -0.39 is 0 Å². The summed E-state index contributed by atoms with van der Waals surface area (Å²) in [5.41, 5.74) is 2.74. The van der Waals surface area contributed by atoms with Gasteiger partial charge >= 0.3 is 0 Å². The number of piperazine rings is 1. The topological polar surface area (TPSA) is 36.8 Å². The van der Waals surface area contributed by atoms with Crippen LogP contribution in [0.1, 0.15) is 15.9 Å². The Kier molecular flexibility index (Phi) is 4.81. The first-order chi connectivity index (χ1) is 11.5. The molecule has 0 spiro atoms. The molecular weight excluding hydrogens is 305 g/mol. The van der Waals surface area contributed by atoms with Crippen molar-refractivity contribution < 1.29 is 14.1 Å². The van der Waals surface area contributed by atoms with Crippen LogP contribution in [-0.4, -0.2) is 39.1 Å². The Hall–Kier alpha value is -2.40. The SMILES string of the molecule is Cc1ccc(NC(=O)c2ccc(N3CC[NH+](C)CC3)c(F)c2)cc1. The van der Waals surface area contributed by atoms with E-state index >= 15 is 0 Å². The summed E-state index contributed by atoms with van der Waals surface area (Å²) in [6.45, 7) is 5.64. The summed E-state index contributed by atoms with van der Waals surface area (Å²) in [5.74, 6) is -0.641. The molecule has 4 nitrogen and oxygen atoms in total. The Bertz CT molecular complexity index is 722. The van der Waals surface area contributed by atoms with Gasteiger partial charge in [0.25, 0.3) is 5.91 Å². The van der Waals surface area contributed by atoms with E-state index in [0.717, 1.165) is 31.7 Å². The molecule has 24 heavy (non-hydrogen) atoms. The number of likely N-dealkylation sites (N-methyl/N-ethyl adjacent to an activating group) is 1. The van der Waals surface area contributed by atoms with Crippen molar-refractivity contribution in [3.05, 3.63) is 59.4 Å². The van der Waals surface area contributed by atoms with Crippen LogP contribution in [-0.2, 0) is 0 Å². The molecule has 1 saturated heterocycles. The van der Waals surface area contributed by atoms with E-state index in [-0.39, 0.29) is 11.7 Å². The number of halogens is 1. The van der Waals surface area contributed by atoms with Crippen LogP contribution in [0.25, 0.3) is 0 Å². The number of quaternary nitrogens is 1. The molecule has 0 aliphatic carbocycles. The Morgan fingerprint density at radius 2 is 1.79 bits per heavy atom. The first-order valence-corrected chi connectivity index (χ1v) is 8.27. The number of nitrogens with one attached hydrogen (secondary N) is 2. The normalized spacial score (nSPS) is 15.4. The van der Waals surface area contributed by atoms with Gasteiger partial charge in [0.2, 0.25) is 0 Å². The minimum Gasteiger partial charge on any atom is -0.358 e. The third-order valence-electron chi connectivity index (χ3n) is 4.48. The summed E-state index contributed by atoms with van der Waals surface area (Å²) in [6, 6.07) is 12.2. The monoisotopic (exact) mass is 328 g/mol. The van der Waals surface area contributed by atoms with Gasteiger partial charge in [-0.05, 0) is 37.3 Å². The van der Waals surface area contributed by atoms with E-state index in [2.05, 4.69) is 12.4 Å². The van der Waals surface area contributed by atoms with Crippen molar-refractivity contribution in [3.63, 3.8) is 0 Å². The first kappa shape index (κ1) is 16.5. The fourth-order valence-corrected chi connectivity index (χ4v) is 2.87. The second-order valence-corrected chi connectivity index (χ2v) is 6.43. The number of carbonyl (C=O) groups excluding carboxylic acids is 1. The van der Waals surface area contributed by atoms with Crippen LogP contribution in [0.4, 0.5) is 15.8 Å². The predicted octanol–water partition coefficient (Wildman–Crippen LogP) is 1.72. The van der Waals surface area contributed by atoms with Crippen molar-refractivity contribution >= 4 is 17.3 Å². The fraction of sp³-hybridized carbons (Fsp3) is 0.316. The average Bonchev–Trinajstić information content (AvgIpc) is 2.58. The Labute approximate surface area is 141 Å². The van der Waals surface area contributed by atoms with E-state index in [9.17, 15) is 9.18 Å². The van der Waals surface area contributed by atoms with Gasteiger partial charge < -0.3 is 15.1 Å². The molecule has 2 aromatic rings. The molecule has 5 heteroatoms. The van der Waals surface area contributed by atoms with Gasteiger partial charge in [0.1, 0.15) is 5.82 Å². The maximum atomic E-state index is 14.5. The minimum atomic E-state index is -0.342. The lowest BCUT2D eigenvalue weighted by molar-refractivity contribution is -0.880. The number of anilines is 2. The smallest absolute Gasteiger partial charge is 0.255 e. The number of hydrogen-bond acceptors (Lipinski definition) is 2. The highest BCUT2D eigenvalue weighted by Gasteiger charge is 2.20. The standard InChI is InChI=1S/C19H22FN3O/c1-14-3-6-16(7-4-14)21-19(24)15-5-8-18(17(20)13-15)23-11-9-22(2)10-12-23/h3-8,13H,9-12H2,1-2H3,(H,21,24)/p+1. The minimum absolute atomic E-state index is 0.299. The zero-order chi connectivity index (χ0) is 17.1. The fourth-order valence-electron chi connectivity index (χ4n) is 2.87. The lowest BCUT2D eigenvalue weighted by Crippen LogP contribution is -3.12. The van der Waals surface area contributed by atoms with Crippen molar-refractivity contribution in [3.8, 4) is 0 Å². The van der Waals surface area contributed by atoms with E-state index in [4.69, 9.17) is 0 Å². The second kappa shape index (κ2) is 7.01. The van der Waals surface area contributed by atoms with Gasteiger partial charge in [-0.3, -0.25) is 4.79 Å². The van der Waals surface area contributed by atoms with E-state index in [1.54, 1.807) is 12.1 Å². The molecular formula is C19H23FN3O+. The summed E-state index contributed by atoms with van der Waals surface area (Å²) in [4.78, 5) is 15.8. The molecule has 1 aliphatic heterocycles. The third-order valence-corrected chi connectivity index (χ3v) is 4.48. The van der Waals surface area contributed by atoms with E-state index in [0.29, 0.717) is 16.9 Å². The van der Waals surface area contributed by atoms with Crippen LogP contribution in [0, 0.1) is 12.7 Å². The number of carbonyl (C=O) groups is 1. The van der Waals surface area contributed by atoms with Crippen LogP contribution in [0.3, 0.4) is 0 Å². The summed E-state index contributed by atoms with van der Waals surface area (Å²) in [6.07, 6.45) is 0. The molecule has 2 N–H and O–H groups in total. The maximum Gasteiger partial charge on any atom is 0.255 e. The molecule has 3 rings (SSSR count). The number of benzene rings is 2. The number of amides is 1. The summed E-state index contributed by atoms with van der Waals surface area (Å²) in [7, 11) is 2.15. The number of hydrogen-bond donors (Lipinski definition) is 2. The zero-order valence-corrected chi connectivity index (χ0v) is 14.1. The van der Waals surface area contributed by atoms with Gasteiger partial charge in [0.05, 0.1) is 38.9 Å². The lowest BCUT2D eigenvalue weighted by atomic mass is 10.1. The van der Waals surface area contributed by atoms with Crippen molar-refractivity contribution in [1.29, 1.82) is 0 Å². The molecule has 0 aromatic heterocycles. The third kappa shape index (κ3) is 3.74. The molecule has 0 radical (unpaired) electrons. The maximum absolute atomic E-state index is 14.5. The Morgan fingerprint density at radius 1 is 1.12 bits per heavy atom. The van der Waals surface area contributed by atoms with Crippen LogP contribution >= 0.6 is 0 Å². The Morgan fingerprint density at radius 3 is 2.42 bits per heavy atom. The van der Waals surface area contributed by atoms with Crippen molar-refractivity contribution in [2.75, 3.05) is 43.4 Å². The molecule has 2 aromatic carbocycles. The van der Waals surface area contributed by atoms with E-state index in [1.165, 1.54) is 11.0 Å². The first-order valence-electron chi connectivity index (χ1n) is 8.27. The lowest BCUT2D eigenvalue weighted by Gasteiger charge is -2.32. The Balaban J connectivity index is 1.71.